The molecule has 0 saturated heterocycles. The lowest BCUT2D eigenvalue weighted by Crippen LogP contribution is -2.22. The number of carbonyl (C=O) groups excluding carboxylic acids is 1. The van der Waals surface area contributed by atoms with Crippen LogP contribution < -0.4 is 10.0 Å². The van der Waals surface area contributed by atoms with Gasteiger partial charge < -0.3 is 5.32 Å². The van der Waals surface area contributed by atoms with Gasteiger partial charge in [-0.3, -0.25) is 9.52 Å². The maximum absolute atomic E-state index is 12.6. The van der Waals surface area contributed by atoms with Crippen LogP contribution in [0.25, 0.3) is 10.8 Å². The normalized spacial score (nSPS) is 12.4. The Kier molecular flexibility index (Phi) is 6.31. The molecule has 1 atom stereocenters. The van der Waals surface area contributed by atoms with E-state index in [1.54, 1.807) is 41.8 Å². The monoisotopic (exact) mass is 468 g/mol. The van der Waals surface area contributed by atoms with Crippen molar-refractivity contribution in [2.75, 3.05) is 10.0 Å². The first-order chi connectivity index (χ1) is 14.9. The Hall–Kier alpha value is -2.81. The molecule has 158 valence electrons. The molecule has 0 fully saturated rings. The van der Waals surface area contributed by atoms with Gasteiger partial charge in [0.2, 0.25) is 5.91 Å². The van der Waals surface area contributed by atoms with Gasteiger partial charge in [0.25, 0.3) is 10.0 Å². The van der Waals surface area contributed by atoms with E-state index in [9.17, 15) is 13.2 Å². The molecule has 4 rings (SSSR count). The highest BCUT2D eigenvalue weighted by Gasteiger charge is 2.17. The molecule has 0 saturated carbocycles. The van der Waals surface area contributed by atoms with Crippen molar-refractivity contribution in [1.82, 2.24) is 0 Å². The molecule has 31 heavy (non-hydrogen) atoms. The number of thiophene rings is 1. The standard InChI is InChI=1S/C23H20N2O3S3/c1-16(23(26)24-20-9-8-17-5-2-3-6-18(17)15-20)30-21-12-10-19(11-13-21)25-31(27,28)22-7-4-14-29-22/h2-16,25H,1H3,(H,24,26). The number of benzene rings is 3. The van der Waals surface area contributed by atoms with Gasteiger partial charge in [0.1, 0.15) is 4.21 Å². The summed E-state index contributed by atoms with van der Waals surface area (Å²) < 4.78 is 27.5. The summed E-state index contributed by atoms with van der Waals surface area (Å²) in [6.07, 6.45) is 0. The number of sulfonamides is 1. The van der Waals surface area contributed by atoms with E-state index in [-0.39, 0.29) is 15.4 Å². The van der Waals surface area contributed by atoms with Crippen molar-refractivity contribution in [2.24, 2.45) is 0 Å². The van der Waals surface area contributed by atoms with Gasteiger partial charge in [0.15, 0.2) is 0 Å². The number of fused-ring (bicyclic) bond motifs is 1. The summed E-state index contributed by atoms with van der Waals surface area (Å²) in [5, 5.41) is 6.56. The van der Waals surface area contributed by atoms with Gasteiger partial charge in [0, 0.05) is 16.3 Å². The number of thioether (sulfide) groups is 1. The van der Waals surface area contributed by atoms with Crippen molar-refractivity contribution in [2.45, 2.75) is 21.3 Å². The number of anilines is 2. The van der Waals surface area contributed by atoms with Gasteiger partial charge in [-0.05, 0) is 65.5 Å². The fourth-order valence-corrected chi connectivity index (χ4v) is 5.91. The quantitative estimate of drug-likeness (QED) is 0.335. The topological polar surface area (TPSA) is 75.3 Å². The predicted molar refractivity (Wildman–Crippen MR) is 129 cm³/mol. The van der Waals surface area contributed by atoms with Crippen LogP contribution in [0.15, 0.2) is 93.3 Å². The molecule has 1 amide bonds. The lowest BCUT2D eigenvalue weighted by Gasteiger charge is -2.13. The summed E-state index contributed by atoms with van der Waals surface area (Å²) in [5.74, 6) is -0.0947. The van der Waals surface area contributed by atoms with Crippen LogP contribution >= 0.6 is 23.1 Å². The second-order valence-corrected chi connectivity index (χ2v) is 11.1. The minimum absolute atomic E-state index is 0.0947. The van der Waals surface area contributed by atoms with Crippen LogP contribution in [-0.2, 0) is 14.8 Å². The summed E-state index contributed by atoms with van der Waals surface area (Å²) in [7, 11) is -3.57. The van der Waals surface area contributed by atoms with Crippen molar-refractivity contribution in [3.8, 4) is 0 Å². The molecule has 0 aliphatic heterocycles. The van der Waals surface area contributed by atoms with Crippen LogP contribution in [0.1, 0.15) is 6.92 Å². The lowest BCUT2D eigenvalue weighted by molar-refractivity contribution is -0.115. The highest BCUT2D eigenvalue weighted by Crippen LogP contribution is 2.27. The third-order valence-electron chi connectivity index (χ3n) is 4.57. The molecule has 0 spiro atoms. The van der Waals surface area contributed by atoms with Crippen molar-refractivity contribution in [3.63, 3.8) is 0 Å². The van der Waals surface area contributed by atoms with Crippen LogP contribution in [0.3, 0.4) is 0 Å². The molecule has 4 aromatic rings. The maximum Gasteiger partial charge on any atom is 0.271 e. The number of carbonyl (C=O) groups is 1. The number of hydrogen-bond donors (Lipinski definition) is 2. The molecule has 0 aliphatic carbocycles. The van der Waals surface area contributed by atoms with Crippen LogP contribution in [-0.4, -0.2) is 19.6 Å². The molecule has 1 unspecified atom stereocenters. The average molecular weight is 469 g/mol. The van der Waals surface area contributed by atoms with Crippen LogP contribution in [0.4, 0.5) is 11.4 Å². The molecule has 2 N–H and O–H groups in total. The molecule has 0 radical (unpaired) electrons. The molecule has 5 nitrogen and oxygen atoms in total. The lowest BCUT2D eigenvalue weighted by atomic mass is 10.1. The van der Waals surface area contributed by atoms with Crippen LogP contribution in [0.2, 0.25) is 0 Å². The molecular formula is C23H20N2O3S3. The fourth-order valence-electron chi connectivity index (χ4n) is 2.99. The second-order valence-electron chi connectivity index (χ2n) is 6.87. The Labute approximate surface area is 189 Å². The minimum Gasteiger partial charge on any atom is -0.325 e. The van der Waals surface area contributed by atoms with Gasteiger partial charge in [-0.1, -0.05) is 36.4 Å². The summed E-state index contributed by atoms with van der Waals surface area (Å²) in [4.78, 5) is 13.5. The first-order valence-corrected chi connectivity index (χ1v) is 12.8. The number of amides is 1. The van der Waals surface area contributed by atoms with Crippen molar-refractivity contribution in [1.29, 1.82) is 0 Å². The molecule has 3 aromatic carbocycles. The van der Waals surface area contributed by atoms with E-state index in [1.165, 1.54) is 23.1 Å². The fraction of sp³-hybridized carbons (Fsp3) is 0.0870. The number of rotatable bonds is 7. The van der Waals surface area contributed by atoms with Crippen LogP contribution in [0, 0.1) is 0 Å². The molecule has 8 heteroatoms. The van der Waals surface area contributed by atoms with E-state index in [1.807, 2.05) is 49.4 Å². The Bertz CT molecular complexity index is 1300. The molecule has 0 aliphatic rings. The van der Waals surface area contributed by atoms with E-state index < -0.39 is 10.0 Å². The van der Waals surface area contributed by atoms with Gasteiger partial charge in [0.05, 0.1) is 5.25 Å². The van der Waals surface area contributed by atoms with Crippen molar-refractivity contribution >= 4 is 61.2 Å². The van der Waals surface area contributed by atoms with Gasteiger partial charge in [-0.25, -0.2) is 8.42 Å². The molecule has 0 bridgehead atoms. The zero-order valence-corrected chi connectivity index (χ0v) is 19.1. The Morgan fingerprint density at radius 3 is 2.32 bits per heavy atom. The third-order valence-corrected chi connectivity index (χ3v) is 8.46. The third kappa shape index (κ3) is 5.28. The zero-order chi connectivity index (χ0) is 21.8. The second kappa shape index (κ2) is 9.13. The molecular weight excluding hydrogens is 448 g/mol. The summed E-state index contributed by atoms with van der Waals surface area (Å²) >= 11 is 2.58. The first-order valence-electron chi connectivity index (χ1n) is 9.53. The predicted octanol–water partition coefficient (Wildman–Crippen LogP) is 5.82. The van der Waals surface area contributed by atoms with E-state index in [4.69, 9.17) is 0 Å². The molecule has 1 aromatic heterocycles. The summed E-state index contributed by atoms with van der Waals surface area (Å²) in [6.45, 7) is 1.84. The number of nitrogens with one attached hydrogen (secondary N) is 2. The van der Waals surface area contributed by atoms with E-state index >= 15 is 0 Å². The minimum atomic E-state index is -3.57. The molecule has 1 heterocycles. The first kappa shape index (κ1) is 21.4. The average Bonchev–Trinajstić information content (AvgIpc) is 3.31. The smallest absolute Gasteiger partial charge is 0.271 e. The highest BCUT2D eigenvalue weighted by atomic mass is 32.2. The van der Waals surface area contributed by atoms with E-state index in [0.717, 1.165) is 21.4 Å². The summed E-state index contributed by atoms with van der Waals surface area (Å²) in [6, 6.07) is 24.1. The zero-order valence-electron chi connectivity index (χ0n) is 16.6. The van der Waals surface area contributed by atoms with Gasteiger partial charge in [-0.15, -0.1) is 23.1 Å². The SMILES string of the molecule is CC(Sc1ccc(NS(=O)(=O)c2cccs2)cc1)C(=O)Nc1ccc2ccccc2c1. The van der Waals surface area contributed by atoms with Crippen molar-refractivity contribution < 1.29 is 13.2 Å². The highest BCUT2D eigenvalue weighted by molar-refractivity contribution is 8.00. The Balaban J connectivity index is 1.37. The van der Waals surface area contributed by atoms with E-state index in [0.29, 0.717) is 5.69 Å². The number of hydrogen-bond acceptors (Lipinski definition) is 5. The largest absolute Gasteiger partial charge is 0.325 e. The van der Waals surface area contributed by atoms with Gasteiger partial charge in [-0.2, -0.15) is 0 Å². The van der Waals surface area contributed by atoms with Crippen LogP contribution in [0.5, 0.6) is 0 Å². The van der Waals surface area contributed by atoms with E-state index in [2.05, 4.69) is 10.0 Å². The Morgan fingerprint density at radius 2 is 1.61 bits per heavy atom. The summed E-state index contributed by atoms with van der Waals surface area (Å²) in [5.41, 5.74) is 1.24. The Morgan fingerprint density at radius 1 is 0.903 bits per heavy atom. The maximum atomic E-state index is 12.6. The van der Waals surface area contributed by atoms with Crippen molar-refractivity contribution in [3.05, 3.63) is 84.2 Å². The van der Waals surface area contributed by atoms with Gasteiger partial charge >= 0.3 is 0 Å².